The first-order valence-corrected chi connectivity index (χ1v) is 5.08. The summed E-state index contributed by atoms with van der Waals surface area (Å²) in [5.74, 6) is -0.311. The number of aryl methyl sites for hydroxylation is 1. The number of hydrogen-bond acceptors (Lipinski definition) is 3. The Morgan fingerprint density at radius 3 is 2.60 bits per heavy atom. The van der Waals surface area contributed by atoms with Gasteiger partial charge in [0, 0.05) is 5.69 Å². The minimum atomic E-state index is -0.311. The zero-order valence-electron chi connectivity index (χ0n) is 9.52. The highest BCUT2D eigenvalue weighted by molar-refractivity contribution is 5.89. The molecule has 0 aromatic carbocycles. The summed E-state index contributed by atoms with van der Waals surface area (Å²) in [5, 5.41) is 0. The van der Waals surface area contributed by atoms with Gasteiger partial charge < -0.3 is 15.5 Å². The summed E-state index contributed by atoms with van der Waals surface area (Å²) < 4.78 is 4.70. The van der Waals surface area contributed by atoms with Gasteiger partial charge in [-0.25, -0.2) is 4.79 Å². The minimum absolute atomic E-state index is 0.311. The molecule has 0 aliphatic rings. The number of hydrogen-bond donors (Lipinski definition) is 2. The molecule has 0 bridgehead atoms. The highest BCUT2D eigenvalue weighted by Gasteiger charge is 2.16. The number of aromatic nitrogens is 1. The van der Waals surface area contributed by atoms with Crippen LogP contribution in [0.25, 0.3) is 0 Å². The molecule has 0 radical (unpaired) electrons. The maximum atomic E-state index is 11.4. The summed E-state index contributed by atoms with van der Waals surface area (Å²) in [5.41, 5.74) is 9.19. The third kappa shape index (κ3) is 2.39. The molecule has 1 rings (SSSR count). The Morgan fingerprint density at radius 2 is 2.07 bits per heavy atom. The van der Waals surface area contributed by atoms with Crippen LogP contribution in [0.2, 0.25) is 0 Å². The average molecular weight is 210 g/mol. The number of H-pyrrole nitrogens is 1. The van der Waals surface area contributed by atoms with E-state index in [1.165, 1.54) is 7.11 Å². The molecule has 0 aliphatic heterocycles. The quantitative estimate of drug-likeness (QED) is 0.736. The van der Waals surface area contributed by atoms with E-state index in [-0.39, 0.29) is 5.97 Å². The van der Waals surface area contributed by atoms with Crippen LogP contribution in [-0.2, 0) is 11.2 Å². The zero-order chi connectivity index (χ0) is 11.4. The van der Waals surface area contributed by atoms with E-state index in [1.54, 1.807) is 0 Å². The van der Waals surface area contributed by atoms with Gasteiger partial charge in [-0.2, -0.15) is 0 Å². The van der Waals surface area contributed by atoms with Crippen LogP contribution in [0.4, 0.5) is 0 Å². The predicted octanol–water partition coefficient (Wildman–Crippen LogP) is 1.31. The van der Waals surface area contributed by atoms with Crippen LogP contribution in [0, 0.1) is 13.8 Å². The van der Waals surface area contributed by atoms with E-state index in [0.29, 0.717) is 12.2 Å². The van der Waals surface area contributed by atoms with E-state index in [9.17, 15) is 4.79 Å². The molecule has 0 unspecified atom stereocenters. The number of carbonyl (C=O) groups excluding carboxylic acids is 1. The lowest BCUT2D eigenvalue weighted by atomic mass is 10.1. The van der Waals surface area contributed by atoms with Gasteiger partial charge in [0.05, 0.1) is 7.11 Å². The average Bonchev–Trinajstić information content (AvgIpc) is 2.53. The van der Waals surface area contributed by atoms with Crippen molar-refractivity contribution in [3.63, 3.8) is 0 Å². The molecule has 0 saturated heterocycles. The number of nitrogens with two attached hydrogens (primary N) is 1. The Bertz CT molecular complexity index is 356. The number of rotatable bonds is 4. The SMILES string of the molecule is COC(=O)c1[nH]c(CCCN)c(C)c1C. The maximum Gasteiger partial charge on any atom is 0.354 e. The molecule has 0 atom stereocenters. The van der Waals surface area contributed by atoms with E-state index in [2.05, 4.69) is 4.98 Å². The number of methoxy groups -OCH3 is 1. The van der Waals surface area contributed by atoms with Crippen LogP contribution < -0.4 is 5.73 Å². The lowest BCUT2D eigenvalue weighted by Gasteiger charge is -1.97. The van der Waals surface area contributed by atoms with Gasteiger partial charge in [0.2, 0.25) is 0 Å². The summed E-state index contributed by atoms with van der Waals surface area (Å²) >= 11 is 0. The third-order valence-electron chi connectivity index (χ3n) is 2.69. The standard InChI is InChI=1S/C11H18N2O2/c1-7-8(2)10(11(14)15-3)13-9(7)5-4-6-12/h13H,4-6,12H2,1-3H3. The predicted molar refractivity (Wildman–Crippen MR) is 59.0 cm³/mol. The lowest BCUT2D eigenvalue weighted by molar-refractivity contribution is 0.0594. The smallest absolute Gasteiger partial charge is 0.354 e. The van der Waals surface area contributed by atoms with Gasteiger partial charge in [0.25, 0.3) is 0 Å². The van der Waals surface area contributed by atoms with Crippen LogP contribution in [0.1, 0.15) is 33.7 Å². The van der Waals surface area contributed by atoms with Crippen LogP contribution in [0.15, 0.2) is 0 Å². The number of carbonyl (C=O) groups is 1. The molecule has 1 aromatic rings. The van der Waals surface area contributed by atoms with E-state index < -0.39 is 0 Å². The molecular weight excluding hydrogens is 192 g/mol. The molecule has 0 saturated carbocycles. The van der Waals surface area contributed by atoms with Crippen molar-refractivity contribution < 1.29 is 9.53 Å². The van der Waals surface area contributed by atoms with E-state index in [0.717, 1.165) is 29.7 Å². The molecule has 0 amide bonds. The fraction of sp³-hybridized carbons (Fsp3) is 0.545. The van der Waals surface area contributed by atoms with Gasteiger partial charge in [-0.1, -0.05) is 0 Å². The second-order valence-corrected chi connectivity index (χ2v) is 3.61. The van der Waals surface area contributed by atoms with E-state index >= 15 is 0 Å². The topological polar surface area (TPSA) is 68.1 Å². The third-order valence-corrected chi connectivity index (χ3v) is 2.69. The lowest BCUT2D eigenvalue weighted by Crippen LogP contribution is -2.04. The minimum Gasteiger partial charge on any atom is -0.464 e. The van der Waals surface area contributed by atoms with Crippen LogP contribution >= 0.6 is 0 Å². The molecule has 15 heavy (non-hydrogen) atoms. The molecule has 3 N–H and O–H groups in total. The van der Waals surface area contributed by atoms with Gasteiger partial charge in [-0.15, -0.1) is 0 Å². The van der Waals surface area contributed by atoms with Crippen LogP contribution in [0.3, 0.4) is 0 Å². The highest BCUT2D eigenvalue weighted by atomic mass is 16.5. The van der Waals surface area contributed by atoms with Crippen molar-refractivity contribution in [3.8, 4) is 0 Å². The molecule has 1 aromatic heterocycles. The first-order chi connectivity index (χ1) is 7.11. The number of nitrogens with one attached hydrogen (secondary N) is 1. The summed E-state index contributed by atoms with van der Waals surface area (Å²) in [6, 6.07) is 0. The molecule has 4 nitrogen and oxygen atoms in total. The van der Waals surface area contributed by atoms with Crippen molar-refractivity contribution in [2.75, 3.05) is 13.7 Å². The Hall–Kier alpha value is -1.29. The fourth-order valence-electron chi connectivity index (χ4n) is 1.59. The first kappa shape index (κ1) is 11.8. The van der Waals surface area contributed by atoms with Crippen molar-refractivity contribution >= 4 is 5.97 Å². The van der Waals surface area contributed by atoms with Crippen molar-refractivity contribution in [3.05, 3.63) is 22.5 Å². The summed E-state index contributed by atoms with van der Waals surface area (Å²) in [7, 11) is 1.39. The number of esters is 1. The Morgan fingerprint density at radius 1 is 1.40 bits per heavy atom. The van der Waals surface area contributed by atoms with Crippen molar-refractivity contribution in [1.82, 2.24) is 4.98 Å². The fourth-order valence-corrected chi connectivity index (χ4v) is 1.59. The molecule has 0 fully saturated rings. The van der Waals surface area contributed by atoms with Crippen molar-refractivity contribution in [1.29, 1.82) is 0 Å². The van der Waals surface area contributed by atoms with Gasteiger partial charge in [-0.3, -0.25) is 0 Å². The summed E-state index contributed by atoms with van der Waals surface area (Å²) in [4.78, 5) is 14.5. The largest absolute Gasteiger partial charge is 0.464 e. The first-order valence-electron chi connectivity index (χ1n) is 5.08. The second-order valence-electron chi connectivity index (χ2n) is 3.61. The molecule has 0 spiro atoms. The Balaban J connectivity index is 2.96. The maximum absolute atomic E-state index is 11.4. The van der Waals surface area contributed by atoms with Crippen LogP contribution in [-0.4, -0.2) is 24.6 Å². The number of ether oxygens (including phenoxy) is 1. The van der Waals surface area contributed by atoms with E-state index in [1.807, 2.05) is 13.8 Å². The summed E-state index contributed by atoms with van der Waals surface area (Å²) in [6.07, 6.45) is 1.79. The number of aromatic amines is 1. The van der Waals surface area contributed by atoms with Gasteiger partial charge in [0.15, 0.2) is 0 Å². The Kier molecular flexibility index (Phi) is 3.91. The molecule has 0 aliphatic carbocycles. The Labute approximate surface area is 89.8 Å². The van der Waals surface area contributed by atoms with Crippen LogP contribution in [0.5, 0.6) is 0 Å². The van der Waals surface area contributed by atoms with Gasteiger partial charge in [0.1, 0.15) is 5.69 Å². The zero-order valence-corrected chi connectivity index (χ0v) is 9.52. The molecule has 84 valence electrons. The monoisotopic (exact) mass is 210 g/mol. The van der Waals surface area contributed by atoms with Gasteiger partial charge >= 0.3 is 5.97 Å². The second kappa shape index (κ2) is 4.98. The molecule has 1 heterocycles. The van der Waals surface area contributed by atoms with Crippen molar-refractivity contribution in [2.45, 2.75) is 26.7 Å². The normalized spacial score (nSPS) is 10.4. The molecule has 4 heteroatoms. The van der Waals surface area contributed by atoms with E-state index in [4.69, 9.17) is 10.5 Å². The highest BCUT2D eigenvalue weighted by Crippen LogP contribution is 2.19. The van der Waals surface area contributed by atoms with Gasteiger partial charge in [-0.05, 0) is 44.4 Å². The van der Waals surface area contributed by atoms with Crippen molar-refractivity contribution in [2.24, 2.45) is 5.73 Å². The summed E-state index contributed by atoms with van der Waals surface area (Å²) in [6.45, 7) is 4.58. The molecular formula is C11H18N2O2.